The summed E-state index contributed by atoms with van der Waals surface area (Å²) >= 11 is 3.55. The molecule has 1 heterocycles. The van der Waals surface area contributed by atoms with Crippen molar-refractivity contribution in [3.05, 3.63) is 74.5 Å². The molecule has 4 rings (SSSR count). The van der Waals surface area contributed by atoms with Gasteiger partial charge in [-0.2, -0.15) is 0 Å². The summed E-state index contributed by atoms with van der Waals surface area (Å²) in [5.74, 6) is 0.707. The Balaban J connectivity index is 1.83. The Labute approximate surface area is 225 Å². The molecule has 2 aromatic rings. The number of carbonyl (C=O) groups is 2. The van der Waals surface area contributed by atoms with Crippen LogP contribution in [0.15, 0.2) is 63.4 Å². The zero-order valence-electron chi connectivity index (χ0n) is 21.9. The summed E-state index contributed by atoms with van der Waals surface area (Å²) in [5.41, 5.74) is 4.19. The summed E-state index contributed by atoms with van der Waals surface area (Å²) < 4.78 is 23.0. The maximum atomic E-state index is 13.9. The molecule has 8 heteroatoms. The van der Waals surface area contributed by atoms with Crippen LogP contribution >= 0.6 is 15.9 Å². The molecule has 0 radical (unpaired) electrons. The number of rotatable bonds is 7. The number of esters is 1. The van der Waals surface area contributed by atoms with Gasteiger partial charge >= 0.3 is 5.97 Å². The number of halogens is 1. The van der Waals surface area contributed by atoms with Crippen LogP contribution in [0.2, 0.25) is 0 Å². The summed E-state index contributed by atoms with van der Waals surface area (Å²) in [5, 5.41) is 3.38. The molecule has 0 bridgehead atoms. The minimum Gasteiger partial charge on any atom is -0.496 e. The van der Waals surface area contributed by atoms with E-state index in [0.29, 0.717) is 46.9 Å². The van der Waals surface area contributed by atoms with Crippen molar-refractivity contribution in [1.82, 2.24) is 5.32 Å². The first kappa shape index (κ1) is 26.8. The standard InChI is InChI=1S/C29H32BrNO6/c1-15(2)37-29(33)26-16(3)31-21-11-18(17-7-9-24(35-5)25(13-17)36-6)12-22(32)28(21)27(26)20-14-19(30)8-10-23(20)34-4/h7-10,13-15,18,27,31H,11-12H2,1-6H3/t18-,27-/m1/s1. The van der Waals surface area contributed by atoms with Crippen LogP contribution in [0.1, 0.15) is 56.6 Å². The van der Waals surface area contributed by atoms with Crippen LogP contribution in [0, 0.1) is 0 Å². The Morgan fingerprint density at radius 3 is 2.30 bits per heavy atom. The molecule has 37 heavy (non-hydrogen) atoms. The second kappa shape index (κ2) is 11.0. The topological polar surface area (TPSA) is 83.1 Å². The lowest BCUT2D eigenvalue weighted by molar-refractivity contribution is -0.143. The number of nitrogens with one attached hydrogen (secondary N) is 1. The monoisotopic (exact) mass is 569 g/mol. The van der Waals surface area contributed by atoms with Gasteiger partial charge in [-0.1, -0.05) is 22.0 Å². The van der Waals surface area contributed by atoms with Gasteiger partial charge in [0, 0.05) is 33.4 Å². The maximum Gasteiger partial charge on any atom is 0.337 e. The molecule has 2 aliphatic rings. The van der Waals surface area contributed by atoms with E-state index >= 15 is 0 Å². The molecule has 0 aromatic heterocycles. The van der Waals surface area contributed by atoms with Crippen LogP contribution in [0.25, 0.3) is 0 Å². The third kappa shape index (κ3) is 5.25. The maximum absolute atomic E-state index is 13.9. The molecular formula is C29H32BrNO6. The highest BCUT2D eigenvalue weighted by molar-refractivity contribution is 9.10. The van der Waals surface area contributed by atoms with Crippen molar-refractivity contribution < 1.29 is 28.5 Å². The van der Waals surface area contributed by atoms with Gasteiger partial charge in [0.05, 0.1) is 38.9 Å². The average Bonchev–Trinajstić information content (AvgIpc) is 2.86. The molecule has 0 unspecified atom stereocenters. The van der Waals surface area contributed by atoms with Gasteiger partial charge in [-0.05, 0) is 69.0 Å². The van der Waals surface area contributed by atoms with E-state index in [1.165, 1.54) is 0 Å². The zero-order chi connectivity index (χ0) is 26.9. The van der Waals surface area contributed by atoms with Crippen molar-refractivity contribution in [3.63, 3.8) is 0 Å². The number of carbonyl (C=O) groups excluding carboxylic acids is 2. The van der Waals surface area contributed by atoms with E-state index in [4.69, 9.17) is 18.9 Å². The summed E-state index contributed by atoms with van der Waals surface area (Å²) in [6.07, 6.45) is 0.603. The van der Waals surface area contributed by atoms with E-state index in [1.54, 1.807) is 21.3 Å². The molecule has 0 saturated heterocycles. The summed E-state index contributed by atoms with van der Waals surface area (Å²) in [4.78, 5) is 27.2. The number of hydrogen-bond acceptors (Lipinski definition) is 7. The van der Waals surface area contributed by atoms with E-state index < -0.39 is 11.9 Å². The zero-order valence-corrected chi connectivity index (χ0v) is 23.5. The number of hydrogen-bond donors (Lipinski definition) is 1. The van der Waals surface area contributed by atoms with E-state index in [-0.39, 0.29) is 17.8 Å². The number of ketones is 1. The molecule has 196 valence electrons. The predicted molar refractivity (Wildman–Crippen MR) is 144 cm³/mol. The first-order valence-corrected chi connectivity index (χ1v) is 13.0. The fraction of sp³-hybridized carbons (Fsp3) is 0.379. The Morgan fingerprint density at radius 2 is 1.65 bits per heavy atom. The molecule has 1 aliphatic carbocycles. The van der Waals surface area contributed by atoms with Gasteiger partial charge in [-0.3, -0.25) is 4.79 Å². The lowest BCUT2D eigenvalue weighted by Crippen LogP contribution is -2.36. The number of allylic oxidation sites excluding steroid dienone is 3. The van der Waals surface area contributed by atoms with Crippen molar-refractivity contribution in [3.8, 4) is 17.2 Å². The van der Waals surface area contributed by atoms with E-state index in [1.807, 2.05) is 57.2 Å². The fourth-order valence-corrected chi connectivity index (χ4v) is 5.55. The minimum absolute atomic E-state index is 0.0251. The SMILES string of the molecule is COc1ccc([C@H]2CC(=O)C3=C(C2)NC(C)=C(C(=O)OC(C)C)[C@H]3c2cc(Br)ccc2OC)cc1OC. The Hall–Kier alpha value is -3.26. The van der Waals surface area contributed by atoms with Crippen LogP contribution in [-0.4, -0.2) is 39.2 Å². The summed E-state index contributed by atoms with van der Waals surface area (Å²) in [7, 11) is 4.78. The van der Waals surface area contributed by atoms with Gasteiger partial charge < -0.3 is 24.3 Å². The fourth-order valence-electron chi connectivity index (χ4n) is 5.17. The first-order chi connectivity index (χ1) is 17.7. The molecule has 1 N–H and O–H groups in total. The second-order valence-electron chi connectivity index (χ2n) is 9.47. The quantitative estimate of drug-likeness (QED) is 0.422. The highest BCUT2D eigenvalue weighted by Gasteiger charge is 2.42. The molecule has 2 aromatic carbocycles. The van der Waals surface area contributed by atoms with Crippen molar-refractivity contribution in [2.75, 3.05) is 21.3 Å². The van der Waals surface area contributed by atoms with Gasteiger partial charge in [0.25, 0.3) is 0 Å². The third-order valence-corrected chi connectivity index (χ3v) is 7.27. The highest BCUT2D eigenvalue weighted by Crippen LogP contribution is 2.48. The summed E-state index contributed by atoms with van der Waals surface area (Å²) in [6.45, 7) is 5.47. The van der Waals surface area contributed by atoms with Crippen molar-refractivity contribution >= 4 is 27.7 Å². The number of methoxy groups -OCH3 is 3. The van der Waals surface area contributed by atoms with Gasteiger partial charge in [0.2, 0.25) is 0 Å². The number of ether oxygens (including phenoxy) is 4. The van der Waals surface area contributed by atoms with Crippen LogP contribution in [-0.2, 0) is 14.3 Å². The number of benzene rings is 2. The molecule has 7 nitrogen and oxygen atoms in total. The van der Waals surface area contributed by atoms with Gasteiger partial charge in [-0.25, -0.2) is 4.79 Å². The second-order valence-corrected chi connectivity index (χ2v) is 10.4. The Kier molecular flexibility index (Phi) is 7.97. The molecule has 2 atom stereocenters. The van der Waals surface area contributed by atoms with Gasteiger partial charge in [0.1, 0.15) is 5.75 Å². The molecule has 0 saturated carbocycles. The van der Waals surface area contributed by atoms with Crippen LogP contribution in [0.3, 0.4) is 0 Å². The summed E-state index contributed by atoms with van der Waals surface area (Å²) in [6, 6.07) is 11.4. The van der Waals surface area contributed by atoms with Crippen LogP contribution < -0.4 is 19.5 Å². The van der Waals surface area contributed by atoms with Crippen molar-refractivity contribution in [2.45, 2.75) is 51.6 Å². The van der Waals surface area contributed by atoms with Crippen LogP contribution in [0.5, 0.6) is 17.2 Å². The Bertz CT molecular complexity index is 1300. The Morgan fingerprint density at radius 1 is 0.973 bits per heavy atom. The van der Waals surface area contributed by atoms with Gasteiger partial charge in [-0.15, -0.1) is 0 Å². The van der Waals surface area contributed by atoms with Crippen molar-refractivity contribution in [1.29, 1.82) is 0 Å². The van der Waals surface area contributed by atoms with Gasteiger partial charge in [0.15, 0.2) is 17.3 Å². The van der Waals surface area contributed by atoms with E-state index in [0.717, 1.165) is 21.3 Å². The minimum atomic E-state index is -0.617. The average molecular weight is 570 g/mol. The molecular weight excluding hydrogens is 538 g/mol. The largest absolute Gasteiger partial charge is 0.496 e. The van der Waals surface area contributed by atoms with E-state index in [2.05, 4.69) is 21.2 Å². The third-order valence-electron chi connectivity index (χ3n) is 6.77. The molecule has 1 aliphatic heterocycles. The smallest absolute Gasteiger partial charge is 0.337 e. The van der Waals surface area contributed by atoms with E-state index in [9.17, 15) is 9.59 Å². The first-order valence-electron chi connectivity index (χ1n) is 12.2. The molecule has 0 spiro atoms. The molecule has 0 amide bonds. The normalized spacial score (nSPS) is 19.4. The van der Waals surface area contributed by atoms with Crippen molar-refractivity contribution in [2.24, 2.45) is 0 Å². The number of Topliss-reactive ketones (excluding diaryl/α,β-unsaturated/α-hetero) is 1. The number of dihydropyridines is 1. The van der Waals surface area contributed by atoms with Crippen LogP contribution in [0.4, 0.5) is 0 Å². The highest BCUT2D eigenvalue weighted by atomic mass is 79.9. The molecule has 0 fully saturated rings. The lowest BCUT2D eigenvalue weighted by Gasteiger charge is -2.37. The lowest BCUT2D eigenvalue weighted by atomic mass is 9.71. The predicted octanol–water partition coefficient (Wildman–Crippen LogP) is 5.79.